The second-order valence-corrected chi connectivity index (χ2v) is 13.0. The number of rotatable bonds is 4. The summed E-state index contributed by atoms with van der Waals surface area (Å²) in [4.78, 5) is 44.4. The number of allylic oxidation sites excluding steroid dienone is 4. The van der Waals surface area contributed by atoms with Crippen molar-refractivity contribution in [3.05, 3.63) is 48.1 Å². The zero-order chi connectivity index (χ0) is 26.3. The van der Waals surface area contributed by atoms with Gasteiger partial charge in [0.15, 0.2) is 16.7 Å². The fraction of sp³-hybridized carbons (Fsp3) is 0.533. The molecule has 7 atom stereocenters. The molecule has 1 aromatic carbocycles. The Bertz CT molecular complexity index is 1410. The Morgan fingerprint density at radius 1 is 1.24 bits per heavy atom. The molecule has 5 unspecified atom stereocenters. The molecule has 0 saturated heterocycles. The summed E-state index contributed by atoms with van der Waals surface area (Å²) in [6, 6.07) is 7.86. The number of fused-ring (bicyclic) bond motifs is 6. The van der Waals surface area contributed by atoms with Crippen molar-refractivity contribution in [2.24, 2.45) is 41.5 Å². The molecule has 0 spiro atoms. The summed E-state index contributed by atoms with van der Waals surface area (Å²) in [5, 5.41) is 12.9. The van der Waals surface area contributed by atoms with E-state index in [1.165, 1.54) is 11.8 Å². The Hall–Kier alpha value is -2.51. The normalized spacial score (nSPS) is 38.8. The van der Waals surface area contributed by atoms with E-state index in [2.05, 4.69) is 11.9 Å². The topological polar surface area (TPSA) is 89.3 Å². The standard InChI is InChI=1S/C30H34N2O4S/c1-17-13-21-20-10-9-18-14-19(33)11-12-28(18,2)26(20)24(34)15-29(21,3)30(17,36)25(35)16-37-27-31-22-7-5-6-8-23(22)32(27)4/h5-8,11-12,14,17,20-21,26,36H,9-10,13,15-16H2,1-4H3/t17-,20?,21?,26?,28?,29?,30+/m1/s1. The second-order valence-electron chi connectivity index (χ2n) is 12.1. The summed E-state index contributed by atoms with van der Waals surface area (Å²) in [5.74, 6) is -0.292. The molecular weight excluding hydrogens is 484 g/mol. The van der Waals surface area contributed by atoms with E-state index >= 15 is 0 Å². The number of para-hydroxylation sites is 2. The van der Waals surface area contributed by atoms with Gasteiger partial charge in [-0.05, 0) is 61.3 Å². The predicted octanol–water partition coefficient (Wildman–Crippen LogP) is 4.70. The first-order chi connectivity index (χ1) is 17.5. The monoisotopic (exact) mass is 518 g/mol. The molecule has 4 aliphatic rings. The largest absolute Gasteiger partial charge is 0.381 e. The fourth-order valence-corrected chi connectivity index (χ4v) is 9.39. The maximum Gasteiger partial charge on any atom is 0.178 e. The zero-order valence-corrected chi connectivity index (χ0v) is 22.7. The van der Waals surface area contributed by atoms with Crippen LogP contribution in [0.5, 0.6) is 0 Å². The summed E-state index contributed by atoms with van der Waals surface area (Å²) >= 11 is 1.35. The lowest BCUT2D eigenvalue weighted by Gasteiger charge is -2.56. The first kappa shape index (κ1) is 24.8. The van der Waals surface area contributed by atoms with Crippen molar-refractivity contribution < 1.29 is 19.5 Å². The molecule has 1 heterocycles. The Morgan fingerprint density at radius 3 is 2.76 bits per heavy atom. The number of aryl methyl sites for hydroxylation is 1. The van der Waals surface area contributed by atoms with Crippen LogP contribution in [0.3, 0.4) is 0 Å². The Kier molecular flexibility index (Phi) is 5.53. The first-order valence-corrected chi connectivity index (χ1v) is 14.3. The van der Waals surface area contributed by atoms with Crippen LogP contribution in [0.15, 0.2) is 53.2 Å². The molecule has 2 aromatic rings. The zero-order valence-electron chi connectivity index (χ0n) is 21.9. The van der Waals surface area contributed by atoms with Crippen LogP contribution in [0.4, 0.5) is 0 Å². The molecule has 1 aromatic heterocycles. The highest BCUT2D eigenvalue weighted by atomic mass is 32.2. The highest BCUT2D eigenvalue weighted by molar-refractivity contribution is 7.99. The maximum absolute atomic E-state index is 13.9. The van der Waals surface area contributed by atoms with Gasteiger partial charge in [-0.2, -0.15) is 0 Å². The number of aliphatic hydroxyl groups is 1. The van der Waals surface area contributed by atoms with Gasteiger partial charge in [0.05, 0.1) is 16.8 Å². The van der Waals surface area contributed by atoms with Crippen molar-refractivity contribution in [1.82, 2.24) is 9.55 Å². The maximum atomic E-state index is 13.9. The van der Waals surface area contributed by atoms with Gasteiger partial charge in [-0.1, -0.05) is 56.3 Å². The van der Waals surface area contributed by atoms with E-state index in [0.717, 1.165) is 41.0 Å². The van der Waals surface area contributed by atoms with E-state index < -0.39 is 16.4 Å². The molecule has 37 heavy (non-hydrogen) atoms. The third kappa shape index (κ3) is 3.29. The van der Waals surface area contributed by atoms with Crippen LogP contribution < -0.4 is 0 Å². The lowest BCUT2D eigenvalue weighted by Crippen LogP contribution is -2.61. The van der Waals surface area contributed by atoms with Crippen molar-refractivity contribution in [2.75, 3.05) is 5.75 Å². The number of benzene rings is 1. The minimum atomic E-state index is -1.56. The smallest absolute Gasteiger partial charge is 0.178 e. The summed E-state index contributed by atoms with van der Waals surface area (Å²) in [6.45, 7) is 6.03. The van der Waals surface area contributed by atoms with E-state index in [1.54, 1.807) is 12.2 Å². The van der Waals surface area contributed by atoms with Gasteiger partial charge in [-0.25, -0.2) is 4.98 Å². The van der Waals surface area contributed by atoms with Crippen LogP contribution >= 0.6 is 11.8 Å². The molecule has 1 N–H and O–H groups in total. The lowest BCUT2D eigenvalue weighted by atomic mass is 9.46. The van der Waals surface area contributed by atoms with Gasteiger partial charge in [0.25, 0.3) is 0 Å². The predicted molar refractivity (Wildman–Crippen MR) is 143 cm³/mol. The van der Waals surface area contributed by atoms with Crippen molar-refractivity contribution >= 4 is 40.1 Å². The first-order valence-electron chi connectivity index (χ1n) is 13.3. The van der Waals surface area contributed by atoms with E-state index in [9.17, 15) is 19.5 Å². The summed E-state index contributed by atoms with van der Waals surface area (Å²) in [6.07, 6.45) is 7.75. The number of thioether (sulfide) groups is 1. The number of aromatic nitrogens is 2. The summed E-state index contributed by atoms with van der Waals surface area (Å²) in [7, 11) is 1.94. The van der Waals surface area contributed by atoms with Gasteiger partial charge in [-0.3, -0.25) is 14.4 Å². The number of hydrogen-bond acceptors (Lipinski definition) is 6. The molecule has 0 aliphatic heterocycles. The van der Waals surface area contributed by atoms with Crippen LogP contribution in [-0.2, 0) is 21.4 Å². The lowest BCUT2D eigenvalue weighted by molar-refractivity contribution is -0.169. The number of carbonyl (C=O) groups is 3. The molecule has 3 fully saturated rings. The fourth-order valence-electron chi connectivity index (χ4n) is 8.45. The number of nitrogens with zero attached hydrogens (tertiary/aromatic N) is 2. The Morgan fingerprint density at radius 2 is 2.00 bits per heavy atom. The SMILES string of the molecule is C[C@@H]1CC2C3CCC4=CC(=O)C=CC4(C)C3C(=O)CC2(C)[C@@]1(O)C(=O)CSc1nc2ccccc2n1C. The average molecular weight is 519 g/mol. The Balaban J connectivity index is 1.29. The van der Waals surface area contributed by atoms with Gasteiger partial charge >= 0.3 is 0 Å². The van der Waals surface area contributed by atoms with Crippen LogP contribution in [0, 0.1) is 34.5 Å². The van der Waals surface area contributed by atoms with Crippen molar-refractivity contribution in [2.45, 2.75) is 57.2 Å². The number of ketones is 3. The molecular formula is C30H34N2O4S. The number of Topliss-reactive ketones (excluding diaryl/α,β-unsaturated/α-hetero) is 2. The molecule has 4 aliphatic carbocycles. The second kappa shape index (κ2) is 8.24. The minimum Gasteiger partial charge on any atom is -0.381 e. The van der Waals surface area contributed by atoms with E-state index in [-0.39, 0.29) is 53.2 Å². The van der Waals surface area contributed by atoms with E-state index in [1.807, 2.05) is 55.8 Å². The highest BCUT2D eigenvalue weighted by Crippen LogP contribution is 2.67. The Labute approximate surface area is 221 Å². The number of carbonyl (C=O) groups excluding carboxylic acids is 3. The summed E-state index contributed by atoms with van der Waals surface area (Å²) < 4.78 is 1.98. The third-order valence-corrected chi connectivity index (χ3v) is 11.4. The van der Waals surface area contributed by atoms with Crippen molar-refractivity contribution in [3.8, 4) is 0 Å². The van der Waals surface area contributed by atoms with Crippen LogP contribution in [0.2, 0.25) is 0 Å². The molecule has 7 heteroatoms. The van der Waals surface area contributed by atoms with Gasteiger partial charge in [-0.15, -0.1) is 0 Å². The molecule has 6 rings (SSSR count). The molecule has 6 nitrogen and oxygen atoms in total. The number of imidazole rings is 1. The van der Waals surface area contributed by atoms with Gasteiger partial charge in [0, 0.05) is 30.2 Å². The van der Waals surface area contributed by atoms with E-state index in [0.29, 0.717) is 0 Å². The third-order valence-electron chi connectivity index (χ3n) is 10.3. The highest BCUT2D eigenvalue weighted by Gasteiger charge is 2.70. The quantitative estimate of drug-likeness (QED) is 0.591. The van der Waals surface area contributed by atoms with Crippen LogP contribution in [0.25, 0.3) is 11.0 Å². The molecule has 0 amide bonds. The average Bonchev–Trinajstić information content (AvgIpc) is 3.29. The van der Waals surface area contributed by atoms with Crippen LogP contribution in [-0.4, -0.2) is 43.4 Å². The molecule has 0 bridgehead atoms. The summed E-state index contributed by atoms with van der Waals surface area (Å²) in [5.41, 5.74) is 0.0975. The van der Waals surface area contributed by atoms with Crippen molar-refractivity contribution in [1.29, 1.82) is 0 Å². The molecule has 0 radical (unpaired) electrons. The van der Waals surface area contributed by atoms with E-state index in [4.69, 9.17) is 0 Å². The molecule has 194 valence electrons. The van der Waals surface area contributed by atoms with Gasteiger partial charge < -0.3 is 9.67 Å². The van der Waals surface area contributed by atoms with Gasteiger partial charge in [0.1, 0.15) is 11.4 Å². The molecule has 3 saturated carbocycles. The minimum absolute atomic E-state index is 0.00779. The van der Waals surface area contributed by atoms with Gasteiger partial charge in [0.2, 0.25) is 0 Å². The number of hydrogen-bond donors (Lipinski definition) is 1. The van der Waals surface area contributed by atoms with Crippen LogP contribution in [0.1, 0.15) is 46.5 Å². The van der Waals surface area contributed by atoms with Crippen molar-refractivity contribution in [3.63, 3.8) is 0 Å².